The molecule has 0 aromatic carbocycles. The van der Waals surface area contributed by atoms with Gasteiger partial charge in [0, 0.05) is 26.2 Å². The quantitative estimate of drug-likeness (QED) is 0.555. The number of nitrogens with one attached hydrogen (secondary N) is 1. The fourth-order valence-electron chi connectivity index (χ4n) is 2.62. The summed E-state index contributed by atoms with van der Waals surface area (Å²) in [4.78, 5) is 39.3. The lowest BCUT2D eigenvalue weighted by molar-refractivity contribution is -0.136. The fraction of sp³-hybridized carbons (Fsp3) is 0.467. The third-order valence-electron chi connectivity index (χ3n) is 3.91. The largest absolute Gasteiger partial charge is 0.334 e. The first-order valence-electron chi connectivity index (χ1n) is 7.42. The minimum absolute atomic E-state index is 0.0370. The van der Waals surface area contributed by atoms with Gasteiger partial charge in [0.15, 0.2) is 0 Å². The Bertz CT molecular complexity index is 711. The van der Waals surface area contributed by atoms with E-state index in [0.29, 0.717) is 38.5 Å². The summed E-state index contributed by atoms with van der Waals surface area (Å²) in [5, 5.41) is 6.11. The van der Waals surface area contributed by atoms with Gasteiger partial charge < -0.3 is 4.90 Å². The minimum atomic E-state index is -0.727. The van der Waals surface area contributed by atoms with Gasteiger partial charge in [-0.3, -0.25) is 23.9 Å². The molecule has 1 amide bonds. The van der Waals surface area contributed by atoms with E-state index in [2.05, 4.69) is 23.4 Å². The third-order valence-corrected chi connectivity index (χ3v) is 3.91. The van der Waals surface area contributed by atoms with E-state index in [4.69, 9.17) is 0 Å². The number of aromatic nitrogens is 3. The topological polar surface area (TPSA) is 91.3 Å². The molecule has 0 spiro atoms. The van der Waals surface area contributed by atoms with Crippen LogP contribution in [0.15, 0.2) is 34.9 Å². The predicted molar refractivity (Wildman–Crippen MR) is 86.0 cm³/mol. The number of amides is 1. The van der Waals surface area contributed by atoms with Crippen molar-refractivity contribution in [3.8, 4) is 0 Å². The molecule has 1 aliphatic rings. The molecule has 0 radical (unpaired) electrons. The molecule has 1 aromatic rings. The molecule has 1 atom stereocenters. The smallest absolute Gasteiger partial charge is 0.330 e. The molecule has 1 aliphatic heterocycles. The highest BCUT2D eigenvalue weighted by Gasteiger charge is 2.29. The second-order valence-electron chi connectivity index (χ2n) is 5.39. The maximum absolute atomic E-state index is 12.6. The van der Waals surface area contributed by atoms with Crippen LogP contribution in [0.4, 0.5) is 0 Å². The van der Waals surface area contributed by atoms with Crippen LogP contribution in [-0.4, -0.2) is 56.1 Å². The number of hydrogen-bond acceptors (Lipinski definition) is 5. The predicted octanol–water partition coefficient (Wildman–Crippen LogP) is -0.664. The van der Waals surface area contributed by atoms with Gasteiger partial charge in [-0.15, -0.1) is 13.2 Å². The van der Waals surface area contributed by atoms with Crippen LogP contribution < -0.4 is 11.1 Å². The average molecular weight is 319 g/mol. The second-order valence-corrected chi connectivity index (χ2v) is 5.39. The van der Waals surface area contributed by atoms with Crippen LogP contribution in [0.25, 0.3) is 0 Å². The summed E-state index contributed by atoms with van der Waals surface area (Å²) < 4.78 is 1.36. The van der Waals surface area contributed by atoms with Gasteiger partial charge >= 0.3 is 11.1 Å². The summed E-state index contributed by atoms with van der Waals surface area (Å²) >= 11 is 0. The molecular weight excluding hydrogens is 298 g/mol. The number of aromatic amines is 1. The van der Waals surface area contributed by atoms with E-state index in [1.54, 1.807) is 17.1 Å². The maximum Gasteiger partial charge on any atom is 0.330 e. The number of H-pyrrole nitrogens is 1. The van der Waals surface area contributed by atoms with Crippen molar-refractivity contribution in [2.24, 2.45) is 0 Å². The maximum atomic E-state index is 12.6. The van der Waals surface area contributed by atoms with Crippen LogP contribution >= 0.6 is 0 Å². The Morgan fingerprint density at radius 1 is 1.35 bits per heavy atom. The van der Waals surface area contributed by atoms with Crippen LogP contribution in [0, 0.1) is 0 Å². The second kappa shape index (κ2) is 7.19. The summed E-state index contributed by atoms with van der Waals surface area (Å²) in [7, 11) is 0. The molecule has 2 heterocycles. The SMILES string of the molecule is C=CCN(CC=C)C(=O)C(C)N1CCn2c(n[nH]c(=O)c2=O)C1. The summed E-state index contributed by atoms with van der Waals surface area (Å²) in [5.74, 6) is 0.421. The first kappa shape index (κ1) is 16.9. The molecule has 0 saturated carbocycles. The van der Waals surface area contributed by atoms with Gasteiger partial charge in [0.05, 0.1) is 12.6 Å². The molecular formula is C15H21N5O3. The Morgan fingerprint density at radius 3 is 2.61 bits per heavy atom. The monoisotopic (exact) mass is 319 g/mol. The Labute approximate surface area is 133 Å². The molecule has 1 aromatic heterocycles. The van der Waals surface area contributed by atoms with Crippen molar-refractivity contribution in [3.63, 3.8) is 0 Å². The van der Waals surface area contributed by atoms with Crippen LogP contribution in [0.3, 0.4) is 0 Å². The number of carbonyl (C=O) groups is 1. The van der Waals surface area contributed by atoms with Gasteiger partial charge in [0.1, 0.15) is 5.82 Å². The van der Waals surface area contributed by atoms with E-state index in [0.717, 1.165) is 0 Å². The summed E-state index contributed by atoms with van der Waals surface area (Å²) in [6.07, 6.45) is 3.34. The van der Waals surface area contributed by atoms with Crippen molar-refractivity contribution in [2.45, 2.75) is 26.1 Å². The zero-order valence-electron chi connectivity index (χ0n) is 13.2. The Kier molecular flexibility index (Phi) is 5.28. The molecule has 8 nitrogen and oxygen atoms in total. The lowest BCUT2D eigenvalue weighted by atomic mass is 10.2. The van der Waals surface area contributed by atoms with E-state index in [9.17, 15) is 14.4 Å². The van der Waals surface area contributed by atoms with E-state index in [1.807, 2.05) is 11.8 Å². The van der Waals surface area contributed by atoms with Crippen molar-refractivity contribution in [3.05, 3.63) is 51.8 Å². The van der Waals surface area contributed by atoms with Crippen LogP contribution in [-0.2, 0) is 17.9 Å². The Balaban J connectivity index is 2.16. The Hall–Kier alpha value is -2.48. The number of fused-ring (bicyclic) bond motifs is 1. The number of hydrogen-bond donors (Lipinski definition) is 1. The van der Waals surface area contributed by atoms with Crippen molar-refractivity contribution in [2.75, 3.05) is 19.6 Å². The summed E-state index contributed by atoms with van der Waals surface area (Å²) in [5.41, 5.74) is -1.33. The highest BCUT2D eigenvalue weighted by Crippen LogP contribution is 2.12. The van der Waals surface area contributed by atoms with E-state index >= 15 is 0 Å². The number of rotatable bonds is 6. The lowest BCUT2D eigenvalue weighted by Gasteiger charge is -2.34. The molecule has 0 aliphatic carbocycles. The number of carbonyl (C=O) groups excluding carboxylic acids is 1. The van der Waals surface area contributed by atoms with Gasteiger partial charge in [-0.1, -0.05) is 12.2 Å². The molecule has 1 unspecified atom stereocenters. The third kappa shape index (κ3) is 3.48. The molecule has 8 heteroatoms. The van der Waals surface area contributed by atoms with Gasteiger partial charge in [-0.25, -0.2) is 5.10 Å². The van der Waals surface area contributed by atoms with Crippen molar-refractivity contribution in [1.82, 2.24) is 24.6 Å². The molecule has 1 N–H and O–H groups in total. The molecule has 23 heavy (non-hydrogen) atoms. The van der Waals surface area contributed by atoms with Crippen molar-refractivity contribution in [1.29, 1.82) is 0 Å². The Morgan fingerprint density at radius 2 is 2.00 bits per heavy atom. The van der Waals surface area contributed by atoms with Gasteiger partial charge in [-0.2, -0.15) is 5.10 Å². The van der Waals surface area contributed by atoms with Crippen molar-refractivity contribution >= 4 is 5.91 Å². The molecule has 0 saturated heterocycles. The summed E-state index contributed by atoms with van der Waals surface area (Å²) in [6.45, 7) is 11.2. The lowest BCUT2D eigenvalue weighted by Crippen LogP contribution is -2.52. The molecule has 0 fully saturated rings. The zero-order chi connectivity index (χ0) is 17.0. The van der Waals surface area contributed by atoms with Gasteiger partial charge in [0.2, 0.25) is 5.91 Å². The van der Waals surface area contributed by atoms with E-state index < -0.39 is 11.1 Å². The molecule has 124 valence electrons. The van der Waals surface area contributed by atoms with Crippen LogP contribution in [0.5, 0.6) is 0 Å². The fourth-order valence-corrected chi connectivity index (χ4v) is 2.62. The van der Waals surface area contributed by atoms with Crippen molar-refractivity contribution < 1.29 is 4.79 Å². The van der Waals surface area contributed by atoms with Gasteiger partial charge in [0.25, 0.3) is 0 Å². The summed E-state index contributed by atoms with van der Waals surface area (Å²) in [6, 6.07) is -0.368. The minimum Gasteiger partial charge on any atom is -0.334 e. The van der Waals surface area contributed by atoms with E-state index in [1.165, 1.54) is 4.57 Å². The van der Waals surface area contributed by atoms with Gasteiger partial charge in [-0.05, 0) is 6.92 Å². The normalized spacial score (nSPS) is 15.5. The number of nitrogens with zero attached hydrogens (tertiary/aromatic N) is 4. The highest BCUT2D eigenvalue weighted by molar-refractivity contribution is 5.81. The average Bonchev–Trinajstić information content (AvgIpc) is 2.56. The van der Waals surface area contributed by atoms with E-state index in [-0.39, 0.29) is 11.9 Å². The first-order valence-corrected chi connectivity index (χ1v) is 7.42. The molecule has 0 bridgehead atoms. The zero-order valence-corrected chi connectivity index (χ0v) is 13.2. The molecule has 2 rings (SSSR count). The van der Waals surface area contributed by atoms with Crippen LogP contribution in [0.2, 0.25) is 0 Å². The van der Waals surface area contributed by atoms with Crippen LogP contribution in [0.1, 0.15) is 12.7 Å². The highest BCUT2D eigenvalue weighted by atomic mass is 16.2. The standard InChI is InChI=1S/C15H21N5O3/c1-4-6-18(7-5-2)14(22)11(3)19-8-9-20-12(10-19)16-17-13(21)15(20)23/h4-5,11H,1-2,6-10H2,3H3,(H,17,21). The first-order chi connectivity index (χ1) is 11.0.